The van der Waals surface area contributed by atoms with Gasteiger partial charge in [0.05, 0.1) is 6.61 Å². The molecular weight excluding hydrogens is 625 g/mol. The van der Waals surface area contributed by atoms with Gasteiger partial charge in [0.2, 0.25) is 0 Å². The average Bonchev–Trinajstić information content (AvgIpc) is 3.39. The number of carbonyl (C=O) groups excluding carboxylic acids is 1. The highest BCUT2D eigenvalue weighted by atomic mass is 28.4. The molecule has 262 valence electrons. The van der Waals surface area contributed by atoms with Crippen LogP contribution in [0.25, 0.3) is 0 Å². The summed E-state index contributed by atoms with van der Waals surface area (Å²) in [6, 6.07) is 24.2. The van der Waals surface area contributed by atoms with Gasteiger partial charge in [-0.1, -0.05) is 107 Å². The number of benzene rings is 2. The number of aromatic nitrogens is 2. The summed E-state index contributed by atoms with van der Waals surface area (Å²) >= 11 is 0. The van der Waals surface area contributed by atoms with Crippen molar-refractivity contribution in [3.63, 3.8) is 0 Å². The van der Waals surface area contributed by atoms with Crippen molar-refractivity contribution in [3.8, 4) is 6.01 Å². The van der Waals surface area contributed by atoms with Gasteiger partial charge < -0.3 is 13.9 Å². The fourth-order valence-electron chi connectivity index (χ4n) is 10.1. The van der Waals surface area contributed by atoms with E-state index in [0.717, 1.165) is 51.4 Å². The molecule has 6 nitrogen and oxygen atoms in total. The Labute approximate surface area is 295 Å². The molecule has 3 saturated carbocycles. The van der Waals surface area contributed by atoms with E-state index >= 15 is 0 Å². The molecule has 2 aromatic carbocycles. The van der Waals surface area contributed by atoms with Gasteiger partial charge in [-0.05, 0) is 89.6 Å². The molecule has 3 fully saturated rings. The van der Waals surface area contributed by atoms with Crippen LogP contribution in [-0.2, 0) is 14.0 Å². The third-order valence-corrected chi connectivity index (χ3v) is 17.9. The summed E-state index contributed by atoms with van der Waals surface area (Å²) in [7, 11) is -2.74. The maximum Gasteiger partial charge on any atom is 0.316 e. The second-order valence-electron chi connectivity index (χ2n) is 16.4. The smallest absolute Gasteiger partial charge is 0.316 e. The highest BCUT2D eigenvalue weighted by Crippen LogP contribution is 2.62. The van der Waals surface area contributed by atoms with Crippen molar-refractivity contribution in [2.75, 3.05) is 6.61 Å². The summed E-state index contributed by atoms with van der Waals surface area (Å²) in [6.07, 6.45) is 11.4. The zero-order valence-electron chi connectivity index (χ0n) is 30.5. The summed E-state index contributed by atoms with van der Waals surface area (Å²) in [5.41, 5.74) is 1.30. The summed E-state index contributed by atoms with van der Waals surface area (Å²) in [6.45, 7) is 18.5. The van der Waals surface area contributed by atoms with E-state index < -0.39 is 8.32 Å². The molecule has 1 aromatic heterocycles. The number of rotatable bonds is 10. The Kier molecular flexibility index (Phi) is 10.3. The van der Waals surface area contributed by atoms with Gasteiger partial charge in [-0.25, -0.2) is 9.97 Å². The van der Waals surface area contributed by atoms with Gasteiger partial charge in [-0.15, -0.1) is 0 Å². The predicted molar refractivity (Wildman–Crippen MR) is 198 cm³/mol. The Hall–Kier alpha value is -3.29. The first-order valence-corrected chi connectivity index (χ1v) is 20.3. The first-order valence-electron chi connectivity index (χ1n) is 18.4. The van der Waals surface area contributed by atoms with Gasteiger partial charge in [0.15, 0.2) is 0 Å². The van der Waals surface area contributed by atoms with E-state index in [4.69, 9.17) is 13.9 Å². The molecule has 0 aliphatic heterocycles. The molecule has 3 aromatic rings. The van der Waals surface area contributed by atoms with E-state index in [1.165, 1.54) is 15.9 Å². The summed E-state index contributed by atoms with van der Waals surface area (Å²) < 4.78 is 20.3. The van der Waals surface area contributed by atoms with E-state index in [9.17, 15) is 4.79 Å². The van der Waals surface area contributed by atoms with Crippen molar-refractivity contribution in [1.82, 2.24) is 9.97 Å². The van der Waals surface area contributed by atoms with Crippen LogP contribution in [-0.4, -0.2) is 43.1 Å². The van der Waals surface area contributed by atoms with Crippen LogP contribution in [0.3, 0.4) is 0 Å². The van der Waals surface area contributed by atoms with Crippen molar-refractivity contribution >= 4 is 24.7 Å². The SMILES string of the molecule is C=C1CC[C@H]2[C@H](OC(C)=O)[C@@H]([C@@]3(C)CC[C@H](O[Si](c4ccccc4)(c4ccccc4)C(C)(C)C)C[C@@H]3CCOc3ncccn3)CC[C@]12C. The van der Waals surface area contributed by atoms with Gasteiger partial charge >= 0.3 is 12.0 Å². The zero-order chi connectivity index (χ0) is 34.9. The minimum Gasteiger partial charge on any atom is -0.463 e. The molecule has 0 spiro atoms. The monoisotopic (exact) mass is 680 g/mol. The van der Waals surface area contributed by atoms with Crippen LogP contribution in [0.15, 0.2) is 91.3 Å². The van der Waals surface area contributed by atoms with Crippen molar-refractivity contribution in [2.24, 2.45) is 28.6 Å². The van der Waals surface area contributed by atoms with Crippen LogP contribution >= 0.6 is 0 Å². The van der Waals surface area contributed by atoms with Crippen LogP contribution in [0.2, 0.25) is 5.04 Å². The fraction of sp³-hybridized carbons (Fsp3) is 0.548. The van der Waals surface area contributed by atoms with Gasteiger partial charge in [-0.3, -0.25) is 4.79 Å². The largest absolute Gasteiger partial charge is 0.463 e. The molecule has 0 amide bonds. The number of hydrogen-bond donors (Lipinski definition) is 0. The van der Waals surface area contributed by atoms with Crippen LogP contribution in [0.1, 0.15) is 92.9 Å². The van der Waals surface area contributed by atoms with E-state index in [1.807, 2.05) is 6.07 Å². The van der Waals surface area contributed by atoms with Crippen molar-refractivity contribution < 1.29 is 18.7 Å². The van der Waals surface area contributed by atoms with Crippen LogP contribution in [0.5, 0.6) is 6.01 Å². The highest BCUT2D eigenvalue weighted by molar-refractivity contribution is 6.99. The lowest BCUT2D eigenvalue weighted by Crippen LogP contribution is -2.68. The van der Waals surface area contributed by atoms with Crippen molar-refractivity contribution in [2.45, 2.75) is 110 Å². The van der Waals surface area contributed by atoms with Crippen LogP contribution < -0.4 is 15.1 Å². The van der Waals surface area contributed by atoms with Gasteiger partial charge in [-0.2, -0.15) is 0 Å². The highest BCUT2D eigenvalue weighted by Gasteiger charge is 2.59. The zero-order valence-corrected chi connectivity index (χ0v) is 31.5. The Bertz CT molecular complexity index is 1540. The number of carbonyl (C=O) groups is 1. The molecule has 6 rings (SSSR count). The lowest BCUT2D eigenvalue weighted by Gasteiger charge is -2.57. The quantitative estimate of drug-likeness (QED) is 0.122. The Balaban J connectivity index is 1.35. The lowest BCUT2D eigenvalue weighted by atomic mass is 9.51. The molecule has 0 bridgehead atoms. The number of nitrogens with zero attached hydrogens (tertiary/aromatic N) is 2. The summed E-state index contributed by atoms with van der Waals surface area (Å²) in [5.74, 6) is 0.683. The standard InChI is InChI=1S/C42H56N2O4Si/c1-30-19-20-36-38(47-31(2)45)37(22-25-41(30,36)6)42(7)24-21-33(29-32(42)23-28-46-39-43-26-14-27-44-39)48-49(40(3,4)5,34-15-10-8-11-16-34)35-17-12-9-13-18-35/h8-18,26-27,32-33,36-38H,1,19-25,28-29H2,2-7H3/t32-,33-,36-,37-,38-,41+,42-/m0/s1. The Morgan fingerprint density at radius 2 is 1.53 bits per heavy atom. The van der Waals surface area contributed by atoms with Crippen molar-refractivity contribution in [3.05, 3.63) is 91.3 Å². The number of esters is 1. The predicted octanol–water partition coefficient (Wildman–Crippen LogP) is 8.31. The Morgan fingerprint density at radius 1 is 0.898 bits per heavy atom. The summed E-state index contributed by atoms with van der Waals surface area (Å²) in [5, 5.41) is 2.52. The van der Waals surface area contributed by atoms with E-state index in [1.54, 1.807) is 19.3 Å². The molecule has 7 heteroatoms. The maximum absolute atomic E-state index is 12.7. The molecular formula is C42H56N2O4Si. The lowest BCUT2D eigenvalue weighted by molar-refractivity contribution is -0.173. The minimum atomic E-state index is -2.74. The third-order valence-electron chi connectivity index (χ3n) is 12.8. The topological polar surface area (TPSA) is 70.5 Å². The second kappa shape index (κ2) is 14.1. The molecule has 0 saturated heterocycles. The molecule has 49 heavy (non-hydrogen) atoms. The molecule has 0 N–H and O–H groups in total. The first kappa shape index (κ1) is 35.5. The average molecular weight is 681 g/mol. The van der Waals surface area contributed by atoms with E-state index in [0.29, 0.717) is 24.5 Å². The van der Waals surface area contributed by atoms with Gasteiger partial charge in [0.25, 0.3) is 8.32 Å². The normalized spacial score (nSPS) is 30.4. The number of ether oxygens (including phenoxy) is 2. The molecule has 0 radical (unpaired) electrons. The van der Waals surface area contributed by atoms with Crippen LogP contribution in [0, 0.1) is 28.6 Å². The van der Waals surface area contributed by atoms with E-state index in [2.05, 4.69) is 112 Å². The first-order chi connectivity index (χ1) is 23.4. The molecule has 0 unspecified atom stereocenters. The minimum absolute atomic E-state index is 0.0276. The van der Waals surface area contributed by atoms with E-state index in [-0.39, 0.29) is 40.0 Å². The summed E-state index contributed by atoms with van der Waals surface area (Å²) in [4.78, 5) is 21.4. The fourth-order valence-corrected chi connectivity index (χ4v) is 14.8. The molecule has 3 aliphatic rings. The van der Waals surface area contributed by atoms with Gasteiger partial charge in [0, 0.05) is 37.3 Å². The third kappa shape index (κ3) is 6.77. The Morgan fingerprint density at radius 3 is 2.12 bits per heavy atom. The maximum atomic E-state index is 12.7. The number of hydrogen-bond acceptors (Lipinski definition) is 6. The number of allylic oxidation sites excluding steroid dienone is 1. The molecule has 1 heterocycles. The molecule has 3 aliphatic carbocycles. The molecule has 7 atom stereocenters. The number of fused-ring (bicyclic) bond motifs is 1. The van der Waals surface area contributed by atoms with Crippen LogP contribution in [0.4, 0.5) is 0 Å². The van der Waals surface area contributed by atoms with Gasteiger partial charge in [0.1, 0.15) is 6.10 Å². The second-order valence-corrected chi connectivity index (χ2v) is 20.7. The van der Waals surface area contributed by atoms with Crippen molar-refractivity contribution in [1.29, 1.82) is 0 Å².